The number of carboxylic acids is 1. The van der Waals surface area contributed by atoms with Crippen LogP contribution in [0.4, 0.5) is 0 Å². The summed E-state index contributed by atoms with van der Waals surface area (Å²) in [4.78, 5) is 22.8. The summed E-state index contributed by atoms with van der Waals surface area (Å²) in [5.74, 6) is 1.09. The lowest BCUT2D eigenvalue weighted by atomic mass is 9.87. The second kappa shape index (κ2) is 6.99. The van der Waals surface area contributed by atoms with E-state index in [2.05, 4.69) is 10.6 Å². The highest BCUT2D eigenvalue weighted by Gasteiger charge is 2.31. The van der Waals surface area contributed by atoms with E-state index < -0.39 is 11.4 Å². The van der Waals surface area contributed by atoms with Gasteiger partial charge in [0.05, 0.1) is 5.41 Å². The van der Waals surface area contributed by atoms with Crippen LogP contribution < -0.4 is 10.6 Å². The maximum absolute atomic E-state index is 11.7. The van der Waals surface area contributed by atoms with Crippen LogP contribution >= 0.6 is 11.8 Å². The third kappa shape index (κ3) is 4.49. The van der Waals surface area contributed by atoms with Crippen molar-refractivity contribution in [1.82, 2.24) is 10.6 Å². The van der Waals surface area contributed by atoms with E-state index >= 15 is 0 Å². The van der Waals surface area contributed by atoms with Gasteiger partial charge in [0, 0.05) is 37.1 Å². The molecule has 0 aliphatic carbocycles. The zero-order valence-corrected chi connectivity index (χ0v) is 11.8. The van der Waals surface area contributed by atoms with Gasteiger partial charge in [-0.05, 0) is 13.3 Å². The molecule has 0 aromatic carbocycles. The van der Waals surface area contributed by atoms with Gasteiger partial charge in [-0.15, -0.1) is 0 Å². The fraction of sp³-hybridized carbons (Fsp3) is 0.833. The summed E-state index contributed by atoms with van der Waals surface area (Å²) in [5, 5.41) is 15.1. The number of hydrogen-bond donors (Lipinski definition) is 3. The van der Waals surface area contributed by atoms with Crippen LogP contribution in [-0.2, 0) is 9.59 Å². The first-order chi connectivity index (χ1) is 8.48. The van der Waals surface area contributed by atoms with Crippen molar-refractivity contribution < 1.29 is 14.7 Å². The summed E-state index contributed by atoms with van der Waals surface area (Å²) >= 11 is 1.84. The third-order valence-electron chi connectivity index (χ3n) is 3.40. The highest BCUT2D eigenvalue weighted by atomic mass is 32.2. The summed E-state index contributed by atoms with van der Waals surface area (Å²) in [6.45, 7) is 4.60. The number of rotatable bonds is 6. The smallest absolute Gasteiger partial charge is 0.311 e. The maximum atomic E-state index is 11.7. The molecule has 1 aliphatic heterocycles. The number of nitrogens with one attached hydrogen (secondary N) is 2. The minimum atomic E-state index is -0.871. The molecule has 0 spiro atoms. The lowest BCUT2D eigenvalue weighted by Gasteiger charge is -2.25. The van der Waals surface area contributed by atoms with E-state index in [0.29, 0.717) is 12.8 Å². The van der Waals surface area contributed by atoms with E-state index in [1.54, 1.807) is 6.92 Å². The number of carbonyl (C=O) groups excluding carboxylic acids is 1. The summed E-state index contributed by atoms with van der Waals surface area (Å²) in [7, 11) is 0. The van der Waals surface area contributed by atoms with E-state index in [9.17, 15) is 9.59 Å². The van der Waals surface area contributed by atoms with Crippen LogP contribution in [0.3, 0.4) is 0 Å². The van der Waals surface area contributed by atoms with Crippen LogP contribution in [0.2, 0.25) is 0 Å². The Morgan fingerprint density at radius 3 is 2.78 bits per heavy atom. The minimum absolute atomic E-state index is 0.0732. The fourth-order valence-electron chi connectivity index (χ4n) is 1.69. The predicted molar refractivity (Wildman–Crippen MR) is 72.8 cm³/mol. The van der Waals surface area contributed by atoms with Gasteiger partial charge < -0.3 is 15.7 Å². The summed E-state index contributed by atoms with van der Waals surface area (Å²) < 4.78 is 0. The average Bonchev–Trinajstić information content (AvgIpc) is 2.37. The molecule has 0 aromatic rings. The van der Waals surface area contributed by atoms with Crippen LogP contribution in [0.5, 0.6) is 0 Å². The van der Waals surface area contributed by atoms with Crippen molar-refractivity contribution in [2.45, 2.75) is 32.7 Å². The molecule has 0 bridgehead atoms. The van der Waals surface area contributed by atoms with E-state index in [4.69, 9.17) is 5.11 Å². The number of hydrogen-bond acceptors (Lipinski definition) is 4. The molecule has 1 saturated heterocycles. The monoisotopic (exact) mass is 274 g/mol. The first kappa shape index (κ1) is 15.3. The number of carboxylic acid groups (broad SMARTS) is 1. The first-order valence-corrected chi connectivity index (χ1v) is 7.44. The van der Waals surface area contributed by atoms with E-state index in [1.165, 1.54) is 0 Å². The van der Waals surface area contributed by atoms with Crippen molar-refractivity contribution in [2.75, 3.05) is 24.6 Å². The van der Waals surface area contributed by atoms with Gasteiger partial charge in [-0.25, -0.2) is 0 Å². The molecule has 2 unspecified atom stereocenters. The molecule has 0 radical (unpaired) electrons. The maximum Gasteiger partial charge on any atom is 0.311 e. The Morgan fingerprint density at radius 2 is 2.28 bits per heavy atom. The molecule has 2 atom stereocenters. The van der Waals surface area contributed by atoms with Crippen molar-refractivity contribution in [3.05, 3.63) is 0 Å². The number of carbonyl (C=O) groups is 2. The van der Waals surface area contributed by atoms with Crippen molar-refractivity contribution in [2.24, 2.45) is 5.41 Å². The van der Waals surface area contributed by atoms with E-state index in [1.807, 2.05) is 18.7 Å². The molecule has 1 aliphatic rings. The lowest BCUT2D eigenvalue weighted by molar-refractivity contribution is -0.148. The van der Waals surface area contributed by atoms with Crippen LogP contribution in [-0.4, -0.2) is 47.6 Å². The zero-order chi connectivity index (χ0) is 13.6. The predicted octanol–water partition coefficient (Wildman–Crippen LogP) is 0.699. The molecule has 0 saturated carbocycles. The van der Waals surface area contributed by atoms with Gasteiger partial charge in [0.15, 0.2) is 0 Å². The van der Waals surface area contributed by atoms with Crippen LogP contribution in [0.25, 0.3) is 0 Å². The van der Waals surface area contributed by atoms with Gasteiger partial charge in [0.1, 0.15) is 0 Å². The van der Waals surface area contributed by atoms with Gasteiger partial charge in [-0.2, -0.15) is 11.8 Å². The molecule has 3 N–H and O–H groups in total. The first-order valence-electron chi connectivity index (χ1n) is 6.29. The number of aliphatic carboxylic acids is 1. The third-order valence-corrected chi connectivity index (χ3v) is 4.53. The Morgan fingerprint density at radius 1 is 1.56 bits per heavy atom. The molecule has 104 valence electrons. The standard InChI is InChI=1S/C12H22N2O3S/c1-3-12(2,11(16)17)8-14-10(15)6-9-7-18-5-4-13-9/h9,13H,3-8H2,1-2H3,(H,14,15)(H,16,17). The lowest BCUT2D eigenvalue weighted by Crippen LogP contribution is -2.44. The Hall–Kier alpha value is -0.750. The Bertz CT molecular complexity index is 306. The van der Waals surface area contributed by atoms with Gasteiger partial charge in [-0.1, -0.05) is 6.92 Å². The van der Waals surface area contributed by atoms with Crippen molar-refractivity contribution in [3.8, 4) is 0 Å². The quantitative estimate of drug-likeness (QED) is 0.664. The van der Waals surface area contributed by atoms with Crippen LogP contribution in [0.15, 0.2) is 0 Å². The van der Waals surface area contributed by atoms with Gasteiger partial charge in [0.25, 0.3) is 0 Å². The second-order valence-corrected chi connectivity index (χ2v) is 6.08. The number of thioether (sulfide) groups is 1. The SMILES string of the molecule is CCC(C)(CNC(=O)CC1CSCCN1)C(=O)O. The molecule has 5 nitrogen and oxygen atoms in total. The van der Waals surface area contributed by atoms with Crippen molar-refractivity contribution >= 4 is 23.6 Å². The van der Waals surface area contributed by atoms with E-state index in [0.717, 1.165) is 18.1 Å². The molecular formula is C12H22N2O3S. The molecular weight excluding hydrogens is 252 g/mol. The van der Waals surface area contributed by atoms with Gasteiger partial charge in [-0.3, -0.25) is 9.59 Å². The summed E-state index contributed by atoms with van der Waals surface area (Å²) in [5.41, 5.74) is -0.871. The van der Waals surface area contributed by atoms with Crippen LogP contribution in [0, 0.1) is 5.41 Å². The van der Waals surface area contributed by atoms with Crippen LogP contribution in [0.1, 0.15) is 26.7 Å². The Labute approximate surface area is 112 Å². The van der Waals surface area contributed by atoms with Gasteiger partial charge >= 0.3 is 5.97 Å². The molecule has 0 aromatic heterocycles. The largest absolute Gasteiger partial charge is 0.481 e. The zero-order valence-electron chi connectivity index (χ0n) is 11.0. The Kier molecular flexibility index (Phi) is 5.95. The van der Waals surface area contributed by atoms with E-state index in [-0.39, 0.29) is 18.5 Å². The molecule has 18 heavy (non-hydrogen) atoms. The summed E-state index contributed by atoms with van der Waals surface area (Å²) in [6, 6.07) is 0.210. The molecule has 1 rings (SSSR count). The second-order valence-electron chi connectivity index (χ2n) is 4.93. The molecule has 1 fully saturated rings. The normalized spacial score (nSPS) is 23.1. The highest BCUT2D eigenvalue weighted by molar-refractivity contribution is 7.99. The average molecular weight is 274 g/mol. The number of amides is 1. The minimum Gasteiger partial charge on any atom is -0.481 e. The molecule has 6 heteroatoms. The molecule has 1 amide bonds. The summed E-state index contributed by atoms with van der Waals surface area (Å²) in [6.07, 6.45) is 0.923. The highest BCUT2D eigenvalue weighted by Crippen LogP contribution is 2.20. The van der Waals surface area contributed by atoms with Crippen molar-refractivity contribution in [1.29, 1.82) is 0 Å². The van der Waals surface area contributed by atoms with Crippen molar-refractivity contribution in [3.63, 3.8) is 0 Å². The fourth-order valence-corrected chi connectivity index (χ4v) is 2.64. The van der Waals surface area contributed by atoms with Gasteiger partial charge in [0.2, 0.25) is 5.91 Å². The Balaban J connectivity index is 2.33. The molecule has 1 heterocycles. The topological polar surface area (TPSA) is 78.4 Å².